The fraction of sp³-hybridized carbons (Fsp3) is 0.250. The average molecular weight is 372 g/mol. The molecule has 2 aromatic carbocycles. The number of rotatable bonds is 6. The highest BCUT2D eigenvalue weighted by Crippen LogP contribution is 2.43. The van der Waals surface area contributed by atoms with E-state index >= 15 is 0 Å². The van der Waals surface area contributed by atoms with Gasteiger partial charge in [-0.3, -0.25) is 4.79 Å². The summed E-state index contributed by atoms with van der Waals surface area (Å²) in [6.07, 6.45) is 0. The van der Waals surface area contributed by atoms with Crippen LogP contribution >= 0.6 is 0 Å². The van der Waals surface area contributed by atoms with Gasteiger partial charge in [-0.05, 0) is 24.3 Å². The number of hydrogen-bond acceptors (Lipinski definition) is 7. The Morgan fingerprint density at radius 3 is 1.89 bits per heavy atom. The molecule has 0 fully saturated rings. The highest BCUT2D eigenvalue weighted by molar-refractivity contribution is 5.93. The monoisotopic (exact) mass is 372 g/mol. The van der Waals surface area contributed by atoms with Crippen molar-refractivity contribution in [3.05, 3.63) is 40.6 Å². The molecule has 3 rings (SSSR count). The highest BCUT2D eigenvalue weighted by atomic mass is 16.5. The number of hydrogen-bond donors (Lipinski definition) is 0. The second kappa shape index (κ2) is 7.49. The van der Waals surface area contributed by atoms with Crippen LogP contribution in [0.3, 0.4) is 0 Å². The number of methoxy groups -OCH3 is 5. The summed E-state index contributed by atoms with van der Waals surface area (Å²) in [5, 5.41) is 0.212. The Hall–Kier alpha value is -3.35. The van der Waals surface area contributed by atoms with Crippen molar-refractivity contribution < 1.29 is 28.1 Å². The smallest absolute Gasteiger partial charge is 0.239 e. The second-order valence-electron chi connectivity index (χ2n) is 5.54. The first kappa shape index (κ1) is 18.4. The summed E-state index contributed by atoms with van der Waals surface area (Å²) < 4.78 is 32.7. The zero-order valence-electron chi connectivity index (χ0n) is 15.7. The predicted molar refractivity (Wildman–Crippen MR) is 101 cm³/mol. The minimum Gasteiger partial charge on any atom is -0.497 e. The number of ether oxygens (including phenoxy) is 5. The molecule has 1 aromatic heterocycles. The van der Waals surface area contributed by atoms with Gasteiger partial charge in [0.1, 0.15) is 16.9 Å². The van der Waals surface area contributed by atoms with Gasteiger partial charge >= 0.3 is 0 Å². The van der Waals surface area contributed by atoms with Gasteiger partial charge in [0.05, 0.1) is 35.5 Å². The molecule has 0 saturated heterocycles. The molecule has 0 aliphatic carbocycles. The van der Waals surface area contributed by atoms with E-state index in [1.54, 1.807) is 37.4 Å². The number of fused-ring (bicyclic) bond motifs is 1. The van der Waals surface area contributed by atoms with Crippen molar-refractivity contribution in [3.8, 4) is 40.1 Å². The Morgan fingerprint density at radius 2 is 1.37 bits per heavy atom. The molecular formula is C20H20O7. The summed E-state index contributed by atoms with van der Waals surface area (Å²) in [4.78, 5) is 13.1. The van der Waals surface area contributed by atoms with Crippen molar-refractivity contribution in [1.29, 1.82) is 0 Å². The van der Waals surface area contributed by atoms with E-state index in [2.05, 4.69) is 0 Å². The maximum Gasteiger partial charge on any atom is 0.239 e. The third kappa shape index (κ3) is 3.01. The Morgan fingerprint density at radius 1 is 0.741 bits per heavy atom. The summed E-state index contributed by atoms with van der Waals surface area (Å²) in [6.45, 7) is 0. The summed E-state index contributed by atoms with van der Waals surface area (Å²) in [5.74, 6) is 2.00. The highest BCUT2D eigenvalue weighted by Gasteiger charge is 2.25. The van der Waals surface area contributed by atoms with Crippen molar-refractivity contribution in [2.45, 2.75) is 0 Å². The zero-order valence-corrected chi connectivity index (χ0v) is 15.7. The summed E-state index contributed by atoms with van der Waals surface area (Å²) in [6, 6.07) is 8.65. The van der Waals surface area contributed by atoms with Crippen LogP contribution in [-0.4, -0.2) is 35.5 Å². The van der Waals surface area contributed by atoms with Gasteiger partial charge in [-0.1, -0.05) is 0 Å². The molecule has 7 nitrogen and oxygen atoms in total. The van der Waals surface area contributed by atoms with Gasteiger partial charge in [0.15, 0.2) is 17.1 Å². The summed E-state index contributed by atoms with van der Waals surface area (Å²) in [5.41, 5.74) is 0.489. The zero-order chi connectivity index (χ0) is 19.6. The lowest BCUT2D eigenvalue weighted by molar-refractivity contribution is 0.346. The lowest BCUT2D eigenvalue weighted by Gasteiger charge is -2.15. The molecule has 0 aliphatic rings. The average Bonchev–Trinajstić information content (AvgIpc) is 2.72. The fourth-order valence-corrected chi connectivity index (χ4v) is 2.90. The first-order chi connectivity index (χ1) is 13.1. The first-order valence-electron chi connectivity index (χ1n) is 8.07. The molecule has 3 aromatic rings. The molecule has 142 valence electrons. The summed E-state index contributed by atoms with van der Waals surface area (Å²) >= 11 is 0. The van der Waals surface area contributed by atoms with Crippen LogP contribution < -0.4 is 29.1 Å². The molecule has 0 atom stereocenters. The summed E-state index contributed by atoms with van der Waals surface area (Å²) in [7, 11) is 7.42. The maximum absolute atomic E-state index is 13.1. The third-order valence-electron chi connectivity index (χ3n) is 4.21. The van der Waals surface area contributed by atoms with E-state index < -0.39 is 0 Å². The SMILES string of the molecule is COc1ccc(-c2oc3c(OC)c(OC)cc(OC)c3c(=O)c2OC)cc1. The molecule has 7 heteroatoms. The maximum atomic E-state index is 13.1. The second-order valence-corrected chi connectivity index (χ2v) is 5.54. The topological polar surface area (TPSA) is 76.4 Å². The molecule has 0 aliphatic heterocycles. The van der Waals surface area contributed by atoms with Gasteiger partial charge in [-0.25, -0.2) is 0 Å². The van der Waals surface area contributed by atoms with Crippen molar-refractivity contribution in [2.24, 2.45) is 0 Å². The molecule has 0 N–H and O–H groups in total. The molecule has 0 bridgehead atoms. The van der Waals surface area contributed by atoms with Crippen LogP contribution in [0.4, 0.5) is 0 Å². The van der Waals surface area contributed by atoms with E-state index in [-0.39, 0.29) is 27.9 Å². The van der Waals surface area contributed by atoms with Crippen LogP contribution in [0.2, 0.25) is 0 Å². The predicted octanol–water partition coefficient (Wildman–Crippen LogP) is 3.50. The first-order valence-corrected chi connectivity index (χ1v) is 8.07. The van der Waals surface area contributed by atoms with Crippen LogP contribution in [-0.2, 0) is 0 Å². The van der Waals surface area contributed by atoms with E-state index in [1.165, 1.54) is 28.4 Å². The quantitative estimate of drug-likeness (QED) is 0.655. The van der Waals surface area contributed by atoms with E-state index in [0.29, 0.717) is 28.6 Å². The number of benzene rings is 2. The Labute approximate surface area is 156 Å². The molecular weight excluding hydrogens is 352 g/mol. The molecule has 0 unspecified atom stereocenters. The minimum atomic E-state index is -0.373. The largest absolute Gasteiger partial charge is 0.497 e. The van der Waals surface area contributed by atoms with E-state index in [0.717, 1.165) is 0 Å². The molecule has 0 saturated carbocycles. The molecule has 0 spiro atoms. The van der Waals surface area contributed by atoms with Crippen LogP contribution in [0.1, 0.15) is 0 Å². The fourth-order valence-electron chi connectivity index (χ4n) is 2.90. The van der Waals surface area contributed by atoms with Crippen LogP contribution in [0.5, 0.6) is 28.7 Å². The Kier molecular flexibility index (Phi) is 5.12. The van der Waals surface area contributed by atoms with Gasteiger partial charge in [-0.2, -0.15) is 0 Å². The van der Waals surface area contributed by atoms with Gasteiger partial charge in [0.2, 0.25) is 16.9 Å². The normalized spacial score (nSPS) is 10.6. The Bertz CT molecular complexity index is 1020. The molecule has 27 heavy (non-hydrogen) atoms. The van der Waals surface area contributed by atoms with Crippen molar-refractivity contribution in [3.63, 3.8) is 0 Å². The van der Waals surface area contributed by atoms with Crippen molar-refractivity contribution in [1.82, 2.24) is 0 Å². The van der Waals surface area contributed by atoms with Gasteiger partial charge in [0.25, 0.3) is 0 Å². The Balaban J connectivity index is 2.42. The van der Waals surface area contributed by atoms with Crippen molar-refractivity contribution in [2.75, 3.05) is 35.5 Å². The minimum absolute atomic E-state index is 0.0678. The lowest BCUT2D eigenvalue weighted by Crippen LogP contribution is -2.10. The standard InChI is InChI=1S/C20H20O7/c1-22-12-8-6-11(7-9-12)17-20(26-5)16(21)15-13(23-2)10-14(24-3)18(25-4)19(15)27-17/h6-10H,1-5H3. The van der Waals surface area contributed by atoms with Gasteiger partial charge in [-0.15, -0.1) is 0 Å². The van der Waals surface area contributed by atoms with Crippen LogP contribution in [0.15, 0.2) is 39.5 Å². The van der Waals surface area contributed by atoms with Crippen LogP contribution in [0.25, 0.3) is 22.3 Å². The third-order valence-corrected chi connectivity index (χ3v) is 4.21. The molecule has 1 heterocycles. The van der Waals surface area contributed by atoms with E-state index in [9.17, 15) is 4.79 Å². The van der Waals surface area contributed by atoms with Gasteiger partial charge in [0, 0.05) is 11.6 Å². The van der Waals surface area contributed by atoms with Gasteiger partial charge < -0.3 is 28.1 Å². The van der Waals surface area contributed by atoms with Crippen molar-refractivity contribution >= 4 is 11.0 Å². The van der Waals surface area contributed by atoms with E-state index in [1.807, 2.05) is 0 Å². The molecule has 0 amide bonds. The lowest BCUT2D eigenvalue weighted by atomic mass is 10.1. The van der Waals surface area contributed by atoms with Crippen LogP contribution in [0, 0.1) is 0 Å². The molecule has 0 radical (unpaired) electrons. The van der Waals surface area contributed by atoms with E-state index in [4.69, 9.17) is 28.1 Å².